The Hall–Kier alpha value is -2.51. The Balaban J connectivity index is 2.40. The molecule has 2 rings (SSSR count). The third-order valence-electron chi connectivity index (χ3n) is 4.91. The predicted octanol–water partition coefficient (Wildman–Crippen LogP) is 5.93. The number of methoxy groups -OCH3 is 1. The second kappa shape index (κ2) is 8.88. The van der Waals surface area contributed by atoms with Gasteiger partial charge in [-0.05, 0) is 49.1 Å². The Kier molecular flexibility index (Phi) is 6.97. The van der Waals surface area contributed by atoms with Gasteiger partial charge >= 0.3 is 12.3 Å². The topological polar surface area (TPSA) is 44.8 Å². The van der Waals surface area contributed by atoms with Crippen molar-refractivity contribution in [1.82, 2.24) is 0 Å². The first-order chi connectivity index (χ1) is 13.6. The number of ether oxygens (including phenoxy) is 3. The molecular formula is C21H24F4O4. The Bertz CT molecular complexity index is 827. The molecule has 1 unspecified atom stereocenters. The van der Waals surface area contributed by atoms with Crippen molar-refractivity contribution in [2.75, 3.05) is 13.7 Å². The highest BCUT2D eigenvalue weighted by Crippen LogP contribution is 2.40. The lowest BCUT2D eigenvalue weighted by molar-refractivity contribution is -0.139. The van der Waals surface area contributed by atoms with E-state index in [0.29, 0.717) is 18.4 Å². The number of aryl methyl sites for hydroxylation is 2. The van der Waals surface area contributed by atoms with E-state index in [2.05, 4.69) is 4.74 Å². The largest absolute Gasteiger partial charge is 0.508 e. The number of halogens is 4. The number of rotatable bonds is 6. The third kappa shape index (κ3) is 5.10. The van der Waals surface area contributed by atoms with Crippen LogP contribution in [0.3, 0.4) is 0 Å². The molecule has 1 aromatic carbocycles. The zero-order valence-corrected chi connectivity index (χ0v) is 16.8. The van der Waals surface area contributed by atoms with Gasteiger partial charge in [0.25, 0.3) is 0 Å². The third-order valence-corrected chi connectivity index (χ3v) is 4.91. The minimum atomic E-state index is -4.63. The summed E-state index contributed by atoms with van der Waals surface area (Å²) >= 11 is 0. The maximum atomic E-state index is 14.5. The van der Waals surface area contributed by atoms with Crippen molar-refractivity contribution < 1.29 is 36.6 Å². The number of benzene rings is 1. The van der Waals surface area contributed by atoms with Crippen molar-refractivity contribution in [2.45, 2.75) is 51.8 Å². The van der Waals surface area contributed by atoms with Crippen molar-refractivity contribution in [1.29, 1.82) is 0 Å². The van der Waals surface area contributed by atoms with Crippen LogP contribution in [0.1, 0.15) is 43.9 Å². The highest BCUT2D eigenvalue weighted by Gasteiger charge is 2.39. The van der Waals surface area contributed by atoms with Gasteiger partial charge < -0.3 is 14.2 Å². The molecule has 0 aliphatic heterocycles. The summed E-state index contributed by atoms with van der Waals surface area (Å²) in [5, 5.41) is 0. The van der Waals surface area contributed by atoms with Crippen molar-refractivity contribution in [2.24, 2.45) is 0 Å². The van der Waals surface area contributed by atoms with Gasteiger partial charge in [0.15, 0.2) is 0 Å². The SMILES string of the molecule is CCc1cc(OCC2=C(F)C=CCC2(C)OC(=O)OC)c(C(F)(F)F)cc1CC. The number of allylic oxidation sites excluding steroid dienone is 2. The van der Waals surface area contributed by atoms with E-state index in [4.69, 9.17) is 9.47 Å². The van der Waals surface area contributed by atoms with E-state index in [9.17, 15) is 22.4 Å². The zero-order valence-electron chi connectivity index (χ0n) is 16.8. The van der Waals surface area contributed by atoms with Gasteiger partial charge in [0.1, 0.15) is 23.8 Å². The van der Waals surface area contributed by atoms with E-state index >= 15 is 0 Å². The van der Waals surface area contributed by atoms with Crippen LogP contribution in [0.4, 0.5) is 22.4 Å². The van der Waals surface area contributed by atoms with Crippen LogP contribution in [0.15, 0.2) is 35.7 Å². The molecule has 0 heterocycles. The van der Waals surface area contributed by atoms with Gasteiger partial charge in [-0.1, -0.05) is 19.9 Å². The summed E-state index contributed by atoms with van der Waals surface area (Å²) in [6, 6.07) is 2.42. The Morgan fingerprint density at radius 1 is 1.17 bits per heavy atom. The summed E-state index contributed by atoms with van der Waals surface area (Å²) in [5.41, 5.74) is -1.12. The van der Waals surface area contributed by atoms with E-state index in [0.717, 1.165) is 18.7 Å². The Morgan fingerprint density at radius 2 is 1.79 bits per heavy atom. The van der Waals surface area contributed by atoms with Gasteiger partial charge in [-0.2, -0.15) is 13.2 Å². The van der Waals surface area contributed by atoms with Gasteiger partial charge in [-0.15, -0.1) is 0 Å². The fourth-order valence-electron chi connectivity index (χ4n) is 3.23. The second-order valence-electron chi connectivity index (χ2n) is 6.83. The van der Waals surface area contributed by atoms with Gasteiger partial charge in [-0.3, -0.25) is 0 Å². The molecular weight excluding hydrogens is 392 g/mol. The van der Waals surface area contributed by atoms with E-state index < -0.39 is 35.9 Å². The molecule has 0 saturated heterocycles. The first-order valence-electron chi connectivity index (χ1n) is 9.24. The van der Waals surface area contributed by atoms with Crippen LogP contribution in [0.5, 0.6) is 5.75 Å². The van der Waals surface area contributed by atoms with Crippen molar-refractivity contribution in [3.8, 4) is 5.75 Å². The summed E-state index contributed by atoms with van der Waals surface area (Å²) in [7, 11) is 1.11. The summed E-state index contributed by atoms with van der Waals surface area (Å²) < 4.78 is 70.2. The van der Waals surface area contributed by atoms with Gasteiger partial charge in [0.2, 0.25) is 0 Å². The Morgan fingerprint density at radius 3 is 2.34 bits per heavy atom. The van der Waals surface area contributed by atoms with Crippen LogP contribution >= 0.6 is 0 Å². The average Bonchev–Trinajstić information content (AvgIpc) is 2.65. The maximum Gasteiger partial charge on any atom is 0.508 e. The fraction of sp³-hybridized carbons (Fsp3) is 0.476. The van der Waals surface area contributed by atoms with Crippen LogP contribution in [0.25, 0.3) is 0 Å². The minimum Gasteiger partial charge on any atom is -0.488 e. The molecule has 0 amide bonds. The summed E-state index contributed by atoms with van der Waals surface area (Å²) in [6.45, 7) is 4.55. The van der Waals surface area contributed by atoms with Crippen molar-refractivity contribution in [3.05, 3.63) is 52.4 Å². The van der Waals surface area contributed by atoms with Crippen molar-refractivity contribution >= 4 is 6.16 Å². The highest BCUT2D eigenvalue weighted by atomic mass is 19.4. The lowest BCUT2D eigenvalue weighted by Crippen LogP contribution is -2.38. The molecule has 0 bridgehead atoms. The Labute approximate surface area is 167 Å². The molecule has 0 aromatic heterocycles. The predicted molar refractivity (Wildman–Crippen MR) is 99.5 cm³/mol. The lowest BCUT2D eigenvalue weighted by atomic mass is 9.88. The molecule has 0 spiro atoms. The van der Waals surface area contributed by atoms with Crippen LogP contribution in [-0.4, -0.2) is 25.5 Å². The lowest BCUT2D eigenvalue weighted by Gasteiger charge is -2.32. The van der Waals surface area contributed by atoms with E-state index in [1.807, 2.05) is 6.92 Å². The number of carbonyl (C=O) groups excluding carboxylic acids is 1. The number of hydrogen-bond acceptors (Lipinski definition) is 4. The van der Waals surface area contributed by atoms with Crippen LogP contribution in [0, 0.1) is 0 Å². The molecule has 4 nitrogen and oxygen atoms in total. The standard InChI is InChI=1S/C21H24F4O4/c1-5-13-10-15(21(23,24)25)18(11-14(13)6-2)28-12-16-17(22)8-7-9-20(16,3)29-19(26)27-4/h7-8,10-11H,5-6,9,12H2,1-4H3. The van der Waals surface area contributed by atoms with Crippen LogP contribution < -0.4 is 4.74 Å². The first kappa shape index (κ1) is 22.8. The molecule has 1 aromatic rings. The molecule has 1 atom stereocenters. The number of carbonyl (C=O) groups is 1. The molecule has 0 fully saturated rings. The fourth-order valence-corrected chi connectivity index (χ4v) is 3.23. The smallest absolute Gasteiger partial charge is 0.488 e. The van der Waals surface area contributed by atoms with Crippen LogP contribution in [0.2, 0.25) is 0 Å². The second-order valence-corrected chi connectivity index (χ2v) is 6.83. The molecule has 160 valence electrons. The van der Waals surface area contributed by atoms with E-state index in [-0.39, 0.29) is 17.7 Å². The number of hydrogen-bond donors (Lipinski definition) is 0. The van der Waals surface area contributed by atoms with Crippen molar-refractivity contribution in [3.63, 3.8) is 0 Å². The number of alkyl halides is 3. The first-order valence-corrected chi connectivity index (χ1v) is 9.24. The normalized spacial score (nSPS) is 19.3. The zero-order chi connectivity index (χ0) is 21.8. The van der Waals surface area contributed by atoms with E-state index in [1.165, 1.54) is 25.1 Å². The minimum absolute atomic E-state index is 0.0730. The maximum absolute atomic E-state index is 14.5. The van der Waals surface area contributed by atoms with Gasteiger partial charge in [0.05, 0.1) is 12.7 Å². The molecule has 1 aliphatic carbocycles. The summed E-state index contributed by atoms with van der Waals surface area (Å²) in [5.74, 6) is -1.11. The quantitative estimate of drug-likeness (QED) is 0.426. The molecule has 1 aliphatic rings. The molecule has 0 saturated carbocycles. The van der Waals surface area contributed by atoms with E-state index in [1.54, 1.807) is 6.92 Å². The molecule has 8 heteroatoms. The highest BCUT2D eigenvalue weighted by molar-refractivity contribution is 5.61. The van der Waals surface area contributed by atoms with Crippen LogP contribution in [-0.2, 0) is 28.5 Å². The average molecular weight is 416 g/mol. The van der Waals surface area contributed by atoms with Gasteiger partial charge in [-0.25, -0.2) is 9.18 Å². The van der Waals surface area contributed by atoms with Gasteiger partial charge in [0, 0.05) is 12.0 Å². The molecule has 29 heavy (non-hydrogen) atoms. The summed E-state index contributed by atoms with van der Waals surface area (Å²) in [4.78, 5) is 11.5. The monoisotopic (exact) mass is 416 g/mol. The molecule has 0 N–H and O–H groups in total. The summed E-state index contributed by atoms with van der Waals surface area (Å²) in [6.07, 6.45) is -1.91. The molecule has 0 radical (unpaired) electrons.